The molecule has 17 heavy (non-hydrogen) atoms. The van der Waals surface area contributed by atoms with Crippen LogP contribution in [0.4, 0.5) is 0 Å². The molecule has 1 aliphatic heterocycles. The van der Waals surface area contributed by atoms with Gasteiger partial charge in [0, 0.05) is 30.8 Å². The van der Waals surface area contributed by atoms with E-state index in [1.165, 1.54) is 5.56 Å². The van der Waals surface area contributed by atoms with Crippen LogP contribution in [-0.4, -0.2) is 27.5 Å². The molecule has 2 rings (SSSR count). The zero-order chi connectivity index (χ0) is 12.8. The number of carbonyl (C=O) groups excluding carboxylic acids is 1. The summed E-state index contributed by atoms with van der Waals surface area (Å²) in [5.74, 6) is 0.239. The minimum atomic E-state index is 0.239. The standard InChI is InChI=1S/C11H17N3O.C2H6/c1-3-11(15)14-6-4-5-10-9(7-14)8(2)12-13-10;1-2/h3-7H2,1-2H3,(H,12,13);1-2H3. The molecule has 1 aliphatic rings. The van der Waals surface area contributed by atoms with Crippen molar-refractivity contribution < 1.29 is 4.79 Å². The number of aryl methyl sites for hydroxylation is 2. The fraction of sp³-hybridized carbons (Fsp3) is 0.692. The van der Waals surface area contributed by atoms with Gasteiger partial charge in [-0.2, -0.15) is 5.10 Å². The lowest BCUT2D eigenvalue weighted by atomic mass is 10.1. The molecule has 0 saturated carbocycles. The second-order valence-electron chi connectivity index (χ2n) is 4.05. The Kier molecular flexibility index (Phi) is 5.19. The Morgan fingerprint density at radius 3 is 2.82 bits per heavy atom. The predicted octanol–water partition coefficient (Wildman–Crippen LogP) is 2.43. The van der Waals surface area contributed by atoms with Crippen molar-refractivity contribution in [3.8, 4) is 0 Å². The minimum Gasteiger partial charge on any atom is -0.338 e. The van der Waals surface area contributed by atoms with Crippen molar-refractivity contribution in [1.29, 1.82) is 0 Å². The number of aromatic nitrogens is 2. The Bertz CT molecular complexity index is 371. The first kappa shape index (κ1) is 13.7. The van der Waals surface area contributed by atoms with Crippen LogP contribution in [0.2, 0.25) is 0 Å². The molecule has 1 aromatic rings. The monoisotopic (exact) mass is 237 g/mol. The van der Waals surface area contributed by atoms with Crippen LogP contribution >= 0.6 is 0 Å². The van der Waals surface area contributed by atoms with Crippen molar-refractivity contribution in [2.24, 2.45) is 0 Å². The molecule has 0 aromatic carbocycles. The highest BCUT2D eigenvalue weighted by atomic mass is 16.2. The molecule has 0 radical (unpaired) electrons. The van der Waals surface area contributed by atoms with Crippen molar-refractivity contribution in [3.63, 3.8) is 0 Å². The Morgan fingerprint density at radius 2 is 2.18 bits per heavy atom. The molecule has 0 atom stereocenters. The topological polar surface area (TPSA) is 49.0 Å². The van der Waals surface area contributed by atoms with Crippen molar-refractivity contribution >= 4 is 5.91 Å². The van der Waals surface area contributed by atoms with E-state index in [0.717, 1.165) is 37.3 Å². The van der Waals surface area contributed by atoms with Gasteiger partial charge >= 0.3 is 0 Å². The van der Waals surface area contributed by atoms with Crippen LogP contribution in [0.5, 0.6) is 0 Å². The lowest BCUT2D eigenvalue weighted by Gasteiger charge is -2.19. The van der Waals surface area contributed by atoms with E-state index < -0.39 is 0 Å². The molecule has 0 spiro atoms. The van der Waals surface area contributed by atoms with Crippen LogP contribution in [0, 0.1) is 6.92 Å². The molecular formula is C13H23N3O. The highest BCUT2D eigenvalue weighted by Gasteiger charge is 2.20. The summed E-state index contributed by atoms with van der Waals surface area (Å²) in [5, 5.41) is 7.27. The number of hydrogen-bond acceptors (Lipinski definition) is 2. The molecule has 0 saturated heterocycles. The van der Waals surface area contributed by atoms with E-state index in [9.17, 15) is 4.79 Å². The highest BCUT2D eigenvalue weighted by molar-refractivity contribution is 5.75. The second-order valence-corrected chi connectivity index (χ2v) is 4.05. The Labute approximate surface area is 103 Å². The molecule has 1 aromatic heterocycles. The molecule has 0 fully saturated rings. The summed E-state index contributed by atoms with van der Waals surface area (Å²) in [6, 6.07) is 0. The van der Waals surface area contributed by atoms with Gasteiger partial charge in [0.1, 0.15) is 0 Å². The minimum absolute atomic E-state index is 0.239. The average molecular weight is 237 g/mol. The zero-order valence-electron chi connectivity index (χ0n) is 11.3. The molecular weight excluding hydrogens is 214 g/mol. The third-order valence-electron chi connectivity index (χ3n) is 3.01. The number of nitrogens with one attached hydrogen (secondary N) is 1. The number of amides is 1. The first-order valence-corrected chi connectivity index (χ1v) is 6.53. The van der Waals surface area contributed by atoms with Crippen LogP contribution in [-0.2, 0) is 17.8 Å². The fourth-order valence-corrected chi connectivity index (χ4v) is 2.06. The van der Waals surface area contributed by atoms with Crippen molar-refractivity contribution in [3.05, 3.63) is 17.0 Å². The van der Waals surface area contributed by atoms with Gasteiger partial charge in [-0.1, -0.05) is 20.8 Å². The molecule has 0 bridgehead atoms. The van der Waals surface area contributed by atoms with E-state index in [0.29, 0.717) is 6.42 Å². The first-order chi connectivity index (χ1) is 8.22. The lowest BCUT2D eigenvalue weighted by Crippen LogP contribution is -2.30. The first-order valence-electron chi connectivity index (χ1n) is 6.53. The van der Waals surface area contributed by atoms with Crippen LogP contribution in [0.25, 0.3) is 0 Å². The van der Waals surface area contributed by atoms with E-state index in [4.69, 9.17) is 0 Å². The molecule has 0 aliphatic carbocycles. The number of aromatic amines is 1. The molecule has 4 heteroatoms. The van der Waals surface area contributed by atoms with E-state index in [1.54, 1.807) is 0 Å². The smallest absolute Gasteiger partial charge is 0.222 e. The fourth-order valence-electron chi connectivity index (χ4n) is 2.06. The van der Waals surface area contributed by atoms with Gasteiger partial charge < -0.3 is 4.90 Å². The SMILES string of the molecule is CC.CCC(=O)N1CCCc2n[nH]c(C)c2C1. The summed E-state index contributed by atoms with van der Waals surface area (Å²) in [6.07, 6.45) is 2.59. The predicted molar refractivity (Wildman–Crippen MR) is 68.7 cm³/mol. The van der Waals surface area contributed by atoms with Gasteiger partial charge in [-0.25, -0.2) is 0 Å². The van der Waals surface area contributed by atoms with Gasteiger partial charge in [-0.15, -0.1) is 0 Å². The van der Waals surface area contributed by atoms with Gasteiger partial charge in [-0.05, 0) is 19.8 Å². The molecule has 2 heterocycles. The maximum absolute atomic E-state index is 11.7. The van der Waals surface area contributed by atoms with Gasteiger partial charge in [0.15, 0.2) is 0 Å². The molecule has 96 valence electrons. The summed E-state index contributed by atoms with van der Waals surface area (Å²) in [7, 11) is 0. The average Bonchev–Trinajstić information content (AvgIpc) is 2.60. The number of rotatable bonds is 1. The van der Waals surface area contributed by atoms with Crippen LogP contribution in [0.1, 0.15) is 50.6 Å². The van der Waals surface area contributed by atoms with Crippen LogP contribution in [0.15, 0.2) is 0 Å². The van der Waals surface area contributed by atoms with Crippen LogP contribution < -0.4 is 0 Å². The summed E-state index contributed by atoms with van der Waals surface area (Å²) in [4.78, 5) is 13.6. The third-order valence-corrected chi connectivity index (χ3v) is 3.01. The highest BCUT2D eigenvalue weighted by Crippen LogP contribution is 2.19. The number of hydrogen-bond donors (Lipinski definition) is 1. The van der Waals surface area contributed by atoms with Crippen LogP contribution in [0.3, 0.4) is 0 Å². The van der Waals surface area contributed by atoms with E-state index in [-0.39, 0.29) is 5.91 Å². The van der Waals surface area contributed by atoms with Crippen molar-refractivity contribution in [2.45, 2.75) is 53.5 Å². The van der Waals surface area contributed by atoms with E-state index >= 15 is 0 Å². The largest absolute Gasteiger partial charge is 0.338 e. The van der Waals surface area contributed by atoms with Gasteiger partial charge in [0.05, 0.1) is 5.69 Å². The number of H-pyrrole nitrogens is 1. The van der Waals surface area contributed by atoms with E-state index in [1.807, 2.05) is 32.6 Å². The molecule has 1 N–H and O–H groups in total. The maximum Gasteiger partial charge on any atom is 0.222 e. The number of nitrogens with zero attached hydrogens (tertiary/aromatic N) is 2. The second kappa shape index (κ2) is 6.42. The van der Waals surface area contributed by atoms with Gasteiger partial charge in [0.2, 0.25) is 5.91 Å². The van der Waals surface area contributed by atoms with E-state index in [2.05, 4.69) is 10.2 Å². The normalized spacial score (nSPS) is 14.5. The molecule has 0 unspecified atom stereocenters. The van der Waals surface area contributed by atoms with Gasteiger partial charge in [-0.3, -0.25) is 9.89 Å². The maximum atomic E-state index is 11.7. The summed E-state index contributed by atoms with van der Waals surface area (Å²) >= 11 is 0. The summed E-state index contributed by atoms with van der Waals surface area (Å²) in [6.45, 7) is 9.52. The third kappa shape index (κ3) is 3.08. The Balaban J connectivity index is 0.000000686. The molecule has 1 amide bonds. The van der Waals surface area contributed by atoms with Crippen molar-refractivity contribution in [2.75, 3.05) is 6.54 Å². The summed E-state index contributed by atoms with van der Waals surface area (Å²) in [5.41, 5.74) is 3.45. The van der Waals surface area contributed by atoms with Gasteiger partial charge in [0.25, 0.3) is 0 Å². The Morgan fingerprint density at radius 1 is 1.47 bits per heavy atom. The summed E-state index contributed by atoms with van der Waals surface area (Å²) < 4.78 is 0. The molecule has 4 nitrogen and oxygen atoms in total. The van der Waals surface area contributed by atoms with Crippen molar-refractivity contribution in [1.82, 2.24) is 15.1 Å². The lowest BCUT2D eigenvalue weighted by molar-refractivity contribution is -0.131. The number of carbonyl (C=O) groups is 1. The zero-order valence-corrected chi connectivity index (χ0v) is 11.3. The quantitative estimate of drug-likeness (QED) is 0.815. The number of fused-ring (bicyclic) bond motifs is 1. The Hall–Kier alpha value is -1.32.